The Hall–Kier alpha value is -0.420. The third kappa shape index (κ3) is 1.08. The average molecular weight is 198 g/mol. The minimum absolute atomic E-state index is 0.0443. The van der Waals surface area contributed by atoms with E-state index in [1.54, 1.807) is 0 Å². The van der Waals surface area contributed by atoms with Gasteiger partial charge in [-0.25, -0.2) is 0 Å². The van der Waals surface area contributed by atoms with Gasteiger partial charge in [-0.15, -0.1) is 0 Å². The summed E-state index contributed by atoms with van der Waals surface area (Å²) in [4.78, 5) is 0. The molecule has 0 aromatic heterocycles. The molecule has 2 saturated heterocycles. The van der Waals surface area contributed by atoms with Crippen LogP contribution in [0.2, 0.25) is 0 Å². The molecule has 78 valence electrons. The summed E-state index contributed by atoms with van der Waals surface area (Å²) in [5.74, 6) is -0.455. The summed E-state index contributed by atoms with van der Waals surface area (Å²) in [5, 5.41) is 9.15. The molecule has 3 aliphatic rings. The van der Waals surface area contributed by atoms with Gasteiger partial charge in [0, 0.05) is 12.5 Å². The highest BCUT2D eigenvalue weighted by Gasteiger charge is 2.52. The molecule has 3 rings (SSSR count). The van der Waals surface area contributed by atoms with Crippen LogP contribution in [0, 0.1) is 5.92 Å². The standard InChI is InChI=1S/C10H14O4/c11-6-7-5-9-10(12-3-4-13-10)2-1-8(7)14-9/h1-2,7-9,11H,3-6H2/t7-,8+,9+/m1/s1. The zero-order valence-corrected chi connectivity index (χ0v) is 7.89. The second-order valence-electron chi connectivity index (χ2n) is 4.05. The van der Waals surface area contributed by atoms with E-state index in [1.807, 2.05) is 12.2 Å². The van der Waals surface area contributed by atoms with Gasteiger partial charge in [-0.05, 0) is 12.5 Å². The Labute approximate surface area is 82.5 Å². The van der Waals surface area contributed by atoms with Crippen LogP contribution in [-0.4, -0.2) is 42.9 Å². The first-order chi connectivity index (χ1) is 6.84. The number of aliphatic hydroxyl groups is 1. The smallest absolute Gasteiger partial charge is 0.215 e. The minimum atomic E-state index is -0.652. The van der Waals surface area contributed by atoms with E-state index in [4.69, 9.17) is 19.3 Å². The molecule has 1 N–H and O–H groups in total. The fourth-order valence-corrected chi connectivity index (χ4v) is 2.47. The Kier molecular flexibility index (Phi) is 1.92. The molecule has 0 radical (unpaired) electrons. The van der Waals surface area contributed by atoms with Crippen molar-refractivity contribution >= 4 is 0 Å². The monoisotopic (exact) mass is 198 g/mol. The fourth-order valence-electron chi connectivity index (χ4n) is 2.47. The zero-order valence-electron chi connectivity index (χ0n) is 7.89. The van der Waals surface area contributed by atoms with E-state index in [2.05, 4.69) is 0 Å². The van der Waals surface area contributed by atoms with Crippen molar-refractivity contribution in [3.05, 3.63) is 12.2 Å². The van der Waals surface area contributed by atoms with E-state index in [9.17, 15) is 0 Å². The second-order valence-corrected chi connectivity index (χ2v) is 4.05. The van der Waals surface area contributed by atoms with E-state index in [1.165, 1.54) is 0 Å². The predicted octanol–water partition coefficient (Wildman–Crippen LogP) is 0.0653. The molecule has 0 aromatic carbocycles. The van der Waals surface area contributed by atoms with Gasteiger partial charge in [-0.3, -0.25) is 0 Å². The van der Waals surface area contributed by atoms with Crippen molar-refractivity contribution in [3.8, 4) is 0 Å². The Morgan fingerprint density at radius 2 is 2.14 bits per heavy atom. The lowest BCUT2D eigenvalue weighted by Gasteiger charge is -2.32. The summed E-state index contributed by atoms with van der Waals surface area (Å²) in [6.45, 7) is 1.42. The summed E-state index contributed by atoms with van der Waals surface area (Å²) < 4.78 is 16.9. The molecule has 4 heteroatoms. The highest BCUT2D eigenvalue weighted by Crippen LogP contribution is 2.42. The van der Waals surface area contributed by atoms with Crippen LogP contribution in [0.4, 0.5) is 0 Å². The molecular weight excluding hydrogens is 184 g/mol. The highest BCUT2D eigenvalue weighted by atomic mass is 16.8. The van der Waals surface area contributed by atoms with E-state index in [0.717, 1.165) is 6.42 Å². The van der Waals surface area contributed by atoms with Gasteiger partial charge in [-0.2, -0.15) is 0 Å². The first kappa shape index (κ1) is 8.85. The molecule has 14 heavy (non-hydrogen) atoms. The van der Waals surface area contributed by atoms with Crippen LogP contribution in [0.15, 0.2) is 12.2 Å². The maximum absolute atomic E-state index is 9.15. The lowest BCUT2D eigenvalue weighted by Crippen LogP contribution is -2.43. The molecule has 0 aromatic rings. The van der Waals surface area contributed by atoms with Crippen molar-refractivity contribution < 1.29 is 19.3 Å². The Bertz CT molecular complexity index is 257. The topological polar surface area (TPSA) is 47.9 Å². The lowest BCUT2D eigenvalue weighted by molar-refractivity contribution is -0.200. The fraction of sp³-hybridized carbons (Fsp3) is 0.800. The van der Waals surface area contributed by atoms with Crippen LogP contribution >= 0.6 is 0 Å². The summed E-state index contributed by atoms with van der Waals surface area (Å²) >= 11 is 0. The second kappa shape index (κ2) is 3.03. The molecule has 0 saturated carbocycles. The molecule has 0 unspecified atom stereocenters. The van der Waals surface area contributed by atoms with Gasteiger partial charge in [0.2, 0.25) is 5.79 Å². The number of ether oxygens (including phenoxy) is 3. The summed E-state index contributed by atoms with van der Waals surface area (Å²) in [6.07, 6.45) is 4.72. The third-order valence-electron chi connectivity index (χ3n) is 3.24. The minimum Gasteiger partial charge on any atom is -0.396 e. The van der Waals surface area contributed by atoms with Crippen LogP contribution in [0.3, 0.4) is 0 Å². The lowest BCUT2D eigenvalue weighted by atomic mass is 10.0. The van der Waals surface area contributed by atoms with Crippen molar-refractivity contribution in [1.82, 2.24) is 0 Å². The van der Waals surface area contributed by atoms with Crippen LogP contribution in [0.25, 0.3) is 0 Å². The molecular formula is C10H14O4. The molecule has 2 fully saturated rings. The van der Waals surface area contributed by atoms with Gasteiger partial charge in [0.25, 0.3) is 0 Å². The van der Waals surface area contributed by atoms with Crippen LogP contribution in [0.1, 0.15) is 6.42 Å². The Morgan fingerprint density at radius 3 is 2.86 bits per heavy atom. The maximum atomic E-state index is 9.15. The number of hydrogen-bond donors (Lipinski definition) is 1. The number of rotatable bonds is 1. The Morgan fingerprint density at radius 1 is 1.36 bits per heavy atom. The van der Waals surface area contributed by atoms with Crippen molar-refractivity contribution in [2.24, 2.45) is 5.92 Å². The van der Waals surface area contributed by atoms with Crippen molar-refractivity contribution in [2.45, 2.75) is 24.4 Å². The molecule has 3 aliphatic heterocycles. The van der Waals surface area contributed by atoms with Gasteiger partial charge in [0.05, 0.1) is 19.3 Å². The molecule has 3 heterocycles. The van der Waals surface area contributed by atoms with Gasteiger partial charge < -0.3 is 19.3 Å². The van der Waals surface area contributed by atoms with Gasteiger partial charge in [-0.1, -0.05) is 6.08 Å². The van der Waals surface area contributed by atoms with Crippen LogP contribution in [0.5, 0.6) is 0 Å². The molecule has 2 bridgehead atoms. The average Bonchev–Trinajstić information content (AvgIpc) is 2.77. The molecule has 0 amide bonds. The normalized spacial score (nSPS) is 43.6. The molecule has 4 nitrogen and oxygen atoms in total. The van der Waals surface area contributed by atoms with Gasteiger partial charge >= 0.3 is 0 Å². The summed E-state index contributed by atoms with van der Waals surface area (Å²) in [6, 6.07) is 0. The first-order valence-electron chi connectivity index (χ1n) is 5.08. The van der Waals surface area contributed by atoms with E-state index >= 15 is 0 Å². The largest absolute Gasteiger partial charge is 0.396 e. The van der Waals surface area contributed by atoms with Crippen molar-refractivity contribution in [3.63, 3.8) is 0 Å². The maximum Gasteiger partial charge on any atom is 0.215 e. The summed E-state index contributed by atoms with van der Waals surface area (Å²) in [7, 11) is 0. The highest BCUT2D eigenvalue weighted by molar-refractivity contribution is 5.15. The quantitative estimate of drug-likeness (QED) is 0.605. The van der Waals surface area contributed by atoms with Crippen molar-refractivity contribution in [2.75, 3.05) is 19.8 Å². The van der Waals surface area contributed by atoms with Gasteiger partial charge in [0.1, 0.15) is 6.10 Å². The van der Waals surface area contributed by atoms with E-state index < -0.39 is 5.79 Å². The number of hydrogen-bond acceptors (Lipinski definition) is 4. The predicted molar refractivity (Wildman–Crippen MR) is 47.6 cm³/mol. The molecule has 1 spiro atoms. The van der Waals surface area contributed by atoms with Gasteiger partial charge in [0.15, 0.2) is 0 Å². The van der Waals surface area contributed by atoms with Crippen LogP contribution in [-0.2, 0) is 14.2 Å². The van der Waals surface area contributed by atoms with Crippen molar-refractivity contribution in [1.29, 1.82) is 0 Å². The summed E-state index contributed by atoms with van der Waals surface area (Å²) in [5.41, 5.74) is 0. The molecule has 0 aliphatic carbocycles. The van der Waals surface area contributed by atoms with Crippen LogP contribution < -0.4 is 0 Å². The number of fused-ring (bicyclic) bond motifs is 3. The Balaban J connectivity index is 1.86. The zero-order chi connectivity index (χ0) is 9.60. The van der Waals surface area contributed by atoms with E-state index in [0.29, 0.717) is 13.2 Å². The SMILES string of the molecule is OC[C@H]1C[C@@H]2O[C@H]1C=CC21OCCO1. The first-order valence-corrected chi connectivity index (χ1v) is 5.08. The third-order valence-corrected chi connectivity index (χ3v) is 3.24. The van der Waals surface area contributed by atoms with E-state index in [-0.39, 0.29) is 24.7 Å². The molecule has 3 atom stereocenters. The number of aliphatic hydroxyl groups excluding tert-OH is 1.